The van der Waals surface area contributed by atoms with Crippen molar-refractivity contribution >= 4 is 35.5 Å². The third-order valence-electron chi connectivity index (χ3n) is 5.48. The van der Waals surface area contributed by atoms with Crippen LogP contribution in [0.2, 0.25) is 0 Å². The molecule has 0 saturated carbocycles. The molecule has 2 aliphatic heterocycles. The third kappa shape index (κ3) is 6.24. The molecule has 2 aromatic carbocycles. The van der Waals surface area contributed by atoms with Crippen LogP contribution < -0.4 is 15.4 Å². The lowest BCUT2D eigenvalue weighted by Crippen LogP contribution is -2.42. The SMILES string of the molecule is Cc1cccc(NC(=O)CN2C(=O)N/C(=C\c3ccc(OCC(=O)N4CCOCC4)cc3)C2=O)c1. The predicted molar refractivity (Wildman–Crippen MR) is 127 cm³/mol. The standard InChI is InChI=1S/C25H26N4O6/c1-17-3-2-4-19(13-17)26-22(30)15-29-24(32)21(27-25(29)33)14-18-5-7-20(8-6-18)35-16-23(31)28-9-11-34-12-10-28/h2-8,13-14H,9-12,15-16H2,1H3,(H,26,30)(H,27,33)/b21-14-. The maximum absolute atomic E-state index is 12.7. The van der Waals surface area contributed by atoms with Crippen LogP contribution in [0.5, 0.6) is 5.75 Å². The van der Waals surface area contributed by atoms with Crippen LogP contribution in [0.15, 0.2) is 54.2 Å². The van der Waals surface area contributed by atoms with Crippen molar-refractivity contribution in [2.24, 2.45) is 0 Å². The number of hydrogen-bond donors (Lipinski definition) is 2. The maximum atomic E-state index is 12.7. The molecule has 2 aromatic rings. The Kier molecular flexibility index (Phi) is 7.41. The molecule has 4 rings (SSSR count). The number of rotatable bonds is 7. The normalized spacial score (nSPS) is 16.9. The number of amides is 5. The van der Waals surface area contributed by atoms with Gasteiger partial charge in [-0.3, -0.25) is 14.4 Å². The first-order valence-electron chi connectivity index (χ1n) is 11.2. The zero-order valence-corrected chi connectivity index (χ0v) is 19.3. The minimum Gasteiger partial charge on any atom is -0.484 e. The lowest BCUT2D eigenvalue weighted by atomic mass is 10.2. The first kappa shape index (κ1) is 24.0. The maximum Gasteiger partial charge on any atom is 0.329 e. The van der Waals surface area contributed by atoms with Gasteiger partial charge in [0.05, 0.1) is 13.2 Å². The number of nitrogens with zero attached hydrogens (tertiary/aromatic N) is 2. The number of carbonyl (C=O) groups is 4. The number of ether oxygens (including phenoxy) is 2. The zero-order chi connectivity index (χ0) is 24.8. The molecule has 5 amide bonds. The van der Waals surface area contributed by atoms with Gasteiger partial charge in [-0.1, -0.05) is 24.3 Å². The number of imide groups is 1. The van der Waals surface area contributed by atoms with Gasteiger partial charge in [0.25, 0.3) is 11.8 Å². The summed E-state index contributed by atoms with van der Waals surface area (Å²) in [5, 5.41) is 5.18. The van der Waals surface area contributed by atoms with E-state index in [-0.39, 0.29) is 18.2 Å². The fraction of sp³-hybridized carbons (Fsp3) is 0.280. The third-order valence-corrected chi connectivity index (χ3v) is 5.48. The number of urea groups is 1. The molecule has 182 valence electrons. The largest absolute Gasteiger partial charge is 0.484 e. The summed E-state index contributed by atoms with van der Waals surface area (Å²) in [5.74, 6) is -0.672. The van der Waals surface area contributed by atoms with Gasteiger partial charge in [0.15, 0.2) is 6.61 Å². The summed E-state index contributed by atoms with van der Waals surface area (Å²) in [4.78, 5) is 52.0. The van der Waals surface area contributed by atoms with E-state index in [1.54, 1.807) is 47.4 Å². The van der Waals surface area contributed by atoms with Gasteiger partial charge in [0, 0.05) is 18.8 Å². The summed E-state index contributed by atoms with van der Waals surface area (Å²) in [5.41, 5.74) is 2.27. The molecule has 0 aliphatic carbocycles. The molecule has 0 aromatic heterocycles. The number of benzene rings is 2. The van der Waals surface area contributed by atoms with Crippen LogP contribution in [-0.2, 0) is 19.1 Å². The van der Waals surface area contributed by atoms with Gasteiger partial charge in [-0.2, -0.15) is 0 Å². The molecule has 10 nitrogen and oxygen atoms in total. The van der Waals surface area contributed by atoms with E-state index in [0.717, 1.165) is 10.5 Å². The molecular formula is C25H26N4O6. The highest BCUT2D eigenvalue weighted by atomic mass is 16.5. The van der Waals surface area contributed by atoms with Crippen molar-refractivity contribution in [3.8, 4) is 5.75 Å². The first-order valence-corrected chi connectivity index (χ1v) is 11.2. The van der Waals surface area contributed by atoms with Crippen molar-refractivity contribution in [3.05, 3.63) is 65.4 Å². The average Bonchev–Trinajstić information content (AvgIpc) is 3.11. The molecule has 35 heavy (non-hydrogen) atoms. The second-order valence-electron chi connectivity index (χ2n) is 8.15. The number of carbonyl (C=O) groups excluding carboxylic acids is 4. The van der Waals surface area contributed by atoms with Gasteiger partial charge in [0.2, 0.25) is 5.91 Å². The smallest absolute Gasteiger partial charge is 0.329 e. The minimum atomic E-state index is -0.665. The Morgan fingerprint density at radius 3 is 2.57 bits per heavy atom. The number of aryl methyl sites for hydroxylation is 1. The molecule has 10 heteroatoms. The fourth-order valence-corrected chi connectivity index (χ4v) is 3.66. The Morgan fingerprint density at radius 2 is 1.86 bits per heavy atom. The van der Waals surface area contributed by atoms with Gasteiger partial charge in [-0.25, -0.2) is 9.69 Å². The summed E-state index contributed by atoms with van der Waals surface area (Å²) < 4.78 is 10.8. The van der Waals surface area contributed by atoms with E-state index in [2.05, 4.69) is 10.6 Å². The molecule has 0 bridgehead atoms. The van der Waals surface area contributed by atoms with Crippen molar-refractivity contribution < 1.29 is 28.7 Å². The van der Waals surface area contributed by atoms with Gasteiger partial charge in [0.1, 0.15) is 18.0 Å². The van der Waals surface area contributed by atoms with Crippen LogP contribution >= 0.6 is 0 Å². The Balaban J connectivity index is 1.32. The topological polar surface area (TPSA) is 117 Å². The van der Waals surface area contributed by atoms with Gasteiger partial charge < -0.3 is 25.0 Å². The monoisotopic (exact) mass is 478 g/mol. The van der Waals surface area contributed by atoms with E-state index in [0.29, 0.717) is 43.3 Å². The van der Waals surface area contributed by atoms with E-state index in [4.69, 9.17) is 9.47 Å². The van der Waals surface area contributed by atoms with Crippen molar-refractivity contribution in [2.75, 3.05) is 44.8 Å². The van der Waals surface area contributed by atoms with Crippen LogP contribution in [-0.4, -0.2) is 73.0 Å². The van der Waals surface area contributed by atoms with Crippen LogP contribution in [0, 0.1) is 6.92 Å². The summed E-state index contributed by atoms with van der Waals surface area (Å²) in [6.45, 7) is 3.58. The number of morpholine rings is 1. The van der Waals surface area contributed by atoms with Crippen LogP contribution in [0.4, 0.5) is 10.5 Å². The quantitative estimate of drug-likeness (QED) is 0.463. The molecule has 0 atom stereocenters. The molecule has 2 aliphatic rings. The summed E-state index contributed by atoms with van der Waals surface area (Å²) in [6.07, 6.45) is 1.52. The van der Waals surface area contributed by atoms with E-state index in [9.17, 15) is 19.2 Å². The molecule has 0 radical (unpaired) electrons. The van der Waals surface area contributed by atoms with Gasteiger partial charge >= 0.3 is 6.03 Å². The molecular weight excluding hydrogens is 452 g/mol. The average molecular weight is 479 g/mol. The first-order chi connectivity index (χ1) is 16.9. The number of hydrogen-bond acceptors (Lipinski definition) is 6. The van der Waals surface area contributed by atoms with E-state index in [1.807, 2.05) is 13.0 Å². The Bertz CT molecular complexity index is 1150. The van der Waals surface area contributed by atoms with Crippen LogP contribution in [0.1, 0.15) is 11.1 Å². The summed E-state index contributed by atoms with van der Waals surface area (Å²) >= 11 is 0. The second-order valence-corrected chi connectivity index (χ2v) is 8.15. The van der Waals surface area contributed by atoms with Crippen molar-refractivity contribution in [1.82, 2.24) is 15.1 Å². The van der Waals surface area contributed by atoms with Gasteiger partial charge in [-0.15, -0.1) is 0 Å². The lowest BCUT2D eigenvalue weighted by Gasteiger charge is -2.26. The predicted octanol–water partition coefficient (Wildman–Crippen LogP) is 1.76. The highest BCUT2D eigenvalue weighted by Gasteiger charge is 2.34. The molecule has 0 unspecified atom stereocenters. The molecule has 2 N–H and O–H groups in total. The molecule has 0 spiro atoms. The molecule has 2 heterocycles. The highest BCUT2D eigenvalue weighted by Crippen LogP contribution is 2.18. The van der Waals surface area contributed by atoms with E-state index in [1.165, 1.54) is 6.08 Å². The van der Waals surface area contributed by atoms with E-state index >= 15 is 0 Å². The summed E-state index contributed by atoms with van der Waals surface area (Å²) in [7, 11) is 0. The Labute approximate surface area is 202 Å². The Morgan fingerprint density at radius 1 is 1.11 bits per heavy atom. The lowest BCUT2D eigenvalue weighted by molar-refractivity contribution is -0.137. The molecule has 2 fully saturated rings. The van der Waals surface area contributed by atoms with Crippen molar-refractivity contribution in [3.63, 3.8) is 0 Å². The van der Waals surface area contributed by atoms with Crippen molar-refractivity contribution in [2.45, 2.75) is 6.92 Å². The van der Waals surface area contributed by atoms with Crippen LogP contribution in [0.3, 0.4) is 0 Å². The van der Waals surface area contributed by atoms with Crippen molar-refractivity contribution in [1.29, 1.82) is 0 Å². The molecule has 2 saturated heterocycles. The fourth-order valence-electron chi connectivity index (χ4n) is 3.66. The zero-order valence-electron chi connectivity index (χ0n) is 19.3. The minimum absolute atomic E-state index is 0.0644. The number of nitrogens with one attached hydrogen (secondary N) is 2. The highest BCUT2D eigenvalue weighted by molar-refractivity contribution is 6.15. The van der Waals surface area contributed by atoms with Gasteiger partial charge in [-0.05, 0) is 48.4 Å². The van der Waals surface area contributed by atoms with E-state index < -0.39 is 24.4 Å². The Hall–Kier alpha value is -4.18. The van der Waals surface area contributed by atoms with Crippen LogP contribution in [0.25, 0.3) is 6.08 Å². The summed E-state index contributed by atoms with van der Waals surface area (Å²) in [6, 6.07) is 13.3. The second kappa shape index (κ2) is 10.8. The number of anilines is 1.